The van der Waals surface area contributed by atoms with E-state index in [9.17, 15) is 9.59 Å². The molecule has 132 valence electrons. The quantitative estimate of drug-likeness (QED) is 0.769. The Hall–Kier alpha value is -2.86. The molecule has 3 aromatic rings. The number of likely N-dealkylation sites (tertiary alicyclic amines) is 1. The summed E-state index contributed by atoms with van der Waals surface area (Å²) in [5.74, 6) is -0.424. The molecule has 0 saturated carbocycles. The van der Waals surface area contributed by atoms with E-state index in [2.05, 4.69) is 10.3 Å². The van der Waals surface area contributed by atoms with E-state index in [1.807, 2.05) is 4.90 Å². The number of anilines is 1. The molecule has 1 aromatic carbocycles. The Morgan fingerprint density at radius 2 is 1.81 bits per heavy atom. The molecule has 4 rings (SSSR count). The second-order valence-corrected chi connectivity index (χ2v) is 6.67. The number of imidazole rings is 1. The molecular weight excluding hydrogens is 352 g/mol. The van der Waals surface area contributed by atoms with E-state index >= 15 is 0 Å². The summed E-state index contributed by atoms with van der Waals surface area (Å²) in [6.07, 6.45) is 5.33. The first-order valence-electron chi connectivity index (χ1n) is 8.46. The van der Waals surface area contributed by atoms with Crippen LogP contribution in [0.3, 0.4) is 0 Å². The third-order valence-corrected chi connectivity index (χ3v) is 4.67. The van der Waals surface area contributed by atoms with Gasteiger partial charge in [-0.25, -0.2) is 4.98 Å². The van der Waals surface area contributed by atoms with Gasteiger partial charge >= 0.3 is 0 Å². The summed E-state index contributed by atoms with van der Waals surface area (Å²) in [5, 5.41) is 3.37. The Kier molecular flexibility index (Phi) is 4.34. The highest BCUT2D eigenvalue weighted by atomic mass is 35.5. The molecule has 0 atom stereocenters. The molecule has 7 heteroatoms. The molecule has 1 aliphatic heterocycles. The fraction of sp³-hybridized carbons (Fsp3) is 0.211. The number of halogens is 1. The summed E-state index contributed by atoms with van der Waals surface area (Å²) in [6, 6.07) is 10.5. The van der Waals surface area contributed by atoms with Crippen LogP contribution in [-0.4, -0.2) is 39.2 Å². The van der Waals surface area contributed by atoms with E-state index in [1.54, 1.807) is 53.2 Å². The first-order valence-corrected chi connectivity index (χ1v) is 8.83. The van der Waals surface area contributed by atoms with Gasteiger partial charge in [-0.1, -0.05) is 23.7 Å². The van der Waals surface area contributed by atoms with Gasteiger partial charge in [0, 0.05) is 25.5 Å². The van der Waals surface area contributed by atoms with Crippen LogP contribution < -0.4 is 5.32 Å². The number of benzene rings is 1. The minimum atomic E-state index is -0.369. The average molecular weight is 369 g/mol. The lowest BCUT2D eigenvalue weighted by molar-refractivity contribution is 0.0794. The van der Waals surface area contributed by atoms with Crippen LogP contribution >= 0.6 is 11.6 Å². The highest BCUT2D eigenvalue weighted by molar-refractivity contribution is 6.30. The zero-order valence-corrected chi connectivity index (χ0v) is 14.7. The van der Waals surface area contributed by atoms with Crippen molar-refractivity contribution in [2.24, 2.45) is 0 Å². The summed E-state index contributed by atoms with van der Waals surface area (Å²) in [4.78, 5) is 31.4. The zero-order chi connectivity index (χ0) is 18.1. The van der Waals surface area contributed by atoms with E-state index in [0.717, 1.165) is 25.9 Å². The largest absolute Gasteiger partial charge is 0.339 e. The molecule has 1 N–H and O–H groups in total. The highest BCUT2D eigenvalue weighted by Gasteiger charge is 2.22. The molecule has 0 spiro atoms. The van der Waals surface area contributed by atoms with Crippen molar-refractivity contribution in [2.45, 2.75) is 12.8 Å². The van der Waals surface area contributed by atoms with E-state index < -0.39 is 0 Å². The molecule has 1 aliphatic rings. The lowest BCUT2D eigenvalue weighted by Crippen LogP contribution is -2.28. The molecule has 6 nitrogen and oxygen atoms in total. The Labute approximate surface area is 155 Å². The molecule has 0 bridgehead atoms. The standard InChI is InChI=1S/C19H17ClN4O2/c20-13-7-8-17-21-16(12-24(17)11-13)18(25)22-15-6-2-1-5-14(15)19(26)23-9-3-4-10-23/h1-2,5-8,11-12H,3-4,9-10H2,(H,22,25). The van der Waals surface area contributed by atoms with Crippen LogP contribution in [0.15, 0.2) is 48.8 Å². The van der Waals surface area contributed by atoms with Gasteiger partial charge in [-0.3, -0.25) is 9.59 Å². The molecule has 1 saturated heterocycles. The minimum Gasteiger partial charge on any atom is -0.339 e. The lowest BCUT2D eigenvalue weighted by Gasteiger charge is -2.17. The molecule has 0 radical (unpaired) electrons. The molecule has 2 amide bonds. The van der Waals surface area contributed by atoms with Crippen molar-refractivity contribution < 1.29 is 9.59 Å². The van der Waals surface area contributed by atoms with Crippen molar-refractivity contribution in [2.75, 3.05) is 18.4 Å². The summed E-state index contributed by atoms with van der Waals surface area (Å²) in [6.45, 7) is 1.52. The van der Waals surface area contributed by atoms with E-state index in [4.69, 9.17) is 11.6 Å². The topological polar surface area (TPSA) is 66.7 Å². The van der Waals surface area contributed by atoms with Crippen LogP contribution in [-0.2, 0) is 0 Å². The first-order chi connectivity index (χ1) is 12.6. The maximum absolute atomic E-state index is 12.7. The minimum absolute atomic E-state index is 0.0554. The number of hydrogen-bond donors (Lipinski definition) is 1. The molecule has 2 aromatic heterocycles. The van der Waals surface area contributed by atoms with Crippen molar-refractivity contribution in [3.05, 3.63) is 65.1 Å². The van der Waals surface area contributed by atoms with Crippen LogP contribution in [0.25, 0.3) is 5.65 Å². The van der Waals surface area contributed by atoms with Crippen molar-refractivity contribution in [1.29, 1.82) is 0 Å². The Morgan fingerprint density at radius 3 is 2.62 bits per heavy atom. The molecular formula is C19H17ClN4O2. The third-order valence-electron chi connectivity index (χ3n) is 4.45. The average Bonchev–Trinajstić information content (AvgIpc) is 3.31. The number of pyridine rings is 1. The van der Waals surface area contributed by atoms with E-state index in [-0.39, 0.29) is 17.5 Å². The van der Waals surface area contributed by atoms with Gasteiger partial charge in [-0.15, -0.1) is 0 Å². The van der Waals surface area contributed by atoms with Crippen molar-refractivity contribution in [3.8, 4) is 0 Å². The van der Waals surface area contributed by atoms with Crippen LogP contribution in [0.4, 0.5) is 5.69 Å². The number of para-hydroxylation sites is 1. The molecule has 0 unspecified atom stereocenters. The predicted octanol–water partition coefficient (Wildman–Crippen LogP) is 3.48. The third kappa shape index (κ3) is 3.15. The van der Waals surface area contributed by atoms with Crippen LogP contribution in [0, 0.1) is 0 Å². The lowest BCUT2D eigenvalue weighted by atomic mass is 10.1. The van der Waals surface area contributed by atoms with E-state index in [0.29, 0.717) is 21.9 Å². The van der Waals surface area contributed by atoms with Gasteiger partial charge in [0.15, 0.2) is 0 Å². The molecule has 3 heterocycles. The van der Waals surface area contributed by atoms with Gasteiger partial charge in [-0.2, -0.15) is 0 Å². The number of rotatable bonds is 3. The molecule has 0 aliphatic carbocycles. The van der Waals surface area contributed by atoms with Crippen molar-refractivity contribution in [3.63, 3.8) is 0 Å². The number of fused-ring (bicyclic) bond motifs is 1. The monoisotopic (exact) mass is 368 g/mol. The Bertz CT molecular complexity index is 992. The SMILES string of the molecule is O=C(Nc1ccccc1C(=O)N1CCCC1)c1cn2cc(Cl)ccc2n1. The number of carbonyl (C=O) groups excluding carboxylic acids is 2. The number of nitrogens with zero attached hydrogens (tertiary/aromatic N) is 3. The molecule has 26 heavy (non-hydrogen) atoms. The Balaban J connectivity index is 1.60. The summed E-state index contributed by atoms with van der Waals surface area (Å²) in [5.41, 5.74) is 1.87. The fourth-order valence-corrected chi connectivity index (χ4v) is 3.30. The van der Waals surface area contributed by atoms with Gasteiger partial charge in [0.25, 0.3) is 11.8 Å². The first kappa shape index (κ1) is 16.6. The number of amides is 2. The van der Waals surface area contributed by atoms with Crippen LogP contribution in [0.5, 0.6) is 0 Å². The molecule has 1 fully saturated rings. The smallest absolute Gasteiger partial charge is 0.275 e. The van der Waals surface area contributed by atoms with E-state index in [1.165, 1.54) is 0 Å². The number of nitrogens with one attached hydrogen (secondary N) is 1. The van der Waals surface area contributed by atoms with Gasteiger partial charge < -0.3 is 14.6 Å². The summed E-state index contributed by atoms with van der Waals surface area (Å²) >= 11 is 5.96. The maximum atomic E-state index is 12.7. The van der Waals surface area contributed by atoms with Gasteiger partial charge in [0.2, 0.25) is 0 Å². The zero-order valence-electron chi connectivity index (χ0n) is 14.0. The van der Waals surface area contributed by atoms with Crippen LogP contribution in [0.1, 0.15) is 33.7 Å². The van der Waals surface area contributed by atoms with Crippen molar-refractivity contribution >= 4 is 34.7 Å². The van der Waals surface area contributed by atoms with Gasteiger partial charge in [0.1, 0.15) is 11.3 Å². The number of carbonyl (C=O) groups is 2. The second kappa shape index (κ2) is 6.80. The Morgan fingerprint density at radius 1 is 1.04 bits per heavy atom. The fourth-order valence-electron chi connectivity index (χ4n) is 3.13. The van der Waals surface area contributed by atoms with Gasteiger partial charge in [-0.05, 0) is 37.1 Å². The second-order valence-electron chi connectivity index (χ2n) is 6.24. The maximum Gasteiger partial charge on any atom is 0.275 e. The predicted molar refractivity (Wildman–Crippen MR) is 99.7 cm³/mol. The summed E-state index contributed by atoms with van der Waals surface area (Å²) < 4.78 is 1.69. The normalized spacial score (nSPS) is 14.0. The number of hydrogen-bond acceptors (Lipinski definition) is 3. The highest BCUT2D eigenvalue weighted by Crippen LogP contribution is 2.21. The van der Waals surface area contributed by atoms with Crippen molar-refractivity contribution in [1.82, 2.24) is 14.3 Å². The van der Waals surface area contributed by atoms with Gasteiger partial charge in [0.05, 0.1) is 16.3 Å². The summed E-state index contributed by atoms with van der Waals surface area (Å²) in [7, 11) is 0. The van der Waals surface area contributed by atoms with Crippen LogP contribution in [0.2, 0.25) is 5.02 Å². The number of aromatic nitrogens is 2.